The molecule has 1 fully saturated rings. The smallest absolute Gasteiger partial charge is 0.337 e. The maximum Gasteiger partial charge on any atom is 0.337 e. The van der Waals surface area contributed by atoms with Crippen LogP contribution in [0.3, 0.4) is 0 Å². The van der Waals surface area contributed by atoms with Crippen molar-refractivity contribution in [3.8, 4) is 0 Å². The molecule has 1 aromatic carbocycles. The Labute approximate surface area is 122 Å². The van der Waals surface area contributed by atoms with Crippen LogP contribution < -0.4 is 5.32 Å². The highest BCUT2D eigenvalue weighted by Gasteiger charge is 2.10. The minimum Gasteiger partial charge on any atom is -0.478 e. The van der Waals surface area contributed by atoms with Crippen LogP contribution in [-0.2, 0) is 0 Å². The van der Waals surface area contributed by atoms with Crippen LogP contribution in [0.15, 0.2) is 18.2 Å². The normalized spacial score (nSPS) is 16.3. The van der Waals surface area contributed by atoms with Gasteiger partial charge in [0.05, 0.1) is 10.6 Å². The van der Waals surface area contributed by atoms with Crippen LogP contribution in [0.1, 0.15) is 10.4 Å². The van der Waals surface area contributed by atoms with Gasteiger partial charge in [-0.25, -0.2) is 4.79 Å². The number of hydrogen-bond donors (Lipinski definition) is 2. The van der Waals surface area contributed by atoms with E-state index in [0.29, 0.717) is 0 Å². The van der Waals surface area contributed by atoms with Gasteiger partial charge in [-0.05, 0) is 18.2 Å². The fourth-order valence-electron chi connectivity index (χ4n) is 1.98. The van der Waals surface area contributed by atoms with Gasteiger partial charge in [0, 0.05) is 43.4 Å². The summed E-state index contributed by atoms with van der Waals surface area (Å²) in [6.45, 7) is 4.13. The van der Waals surface area contributed by atoms with Crippen molar-refractivity contribution in [2.45, 2.75) is 0 Å². The molecule has 0 bridgehead atoms. The molecule has 2 N–H and O–H groups in total. The summed E-state index contributed by atoms with van der Waals surface area (Å²) in [6, 6.07) is 4.95. The van der Waals surface area contributed by atoms with Gasteiger partial charge in [-0.3, -0.25) is 4.90 Å². The van der Waals surface area contributed by atoms with Gasteiger partial charge in [0.2, 0.25) is 0 Å². The first-order valence-corrected chi connectivity index (χ1v) is 7.77. The number of nitrogens with one attached hydrogen (secondary N) is 1. The number of rotatable bonds is 5. The first-order chi connectivity index (χ1) is 9.16. The lowest BCUT2D eigenvalue weighted by Gasteiger charge is -2.26. The Morgan fingerprint density at radius 2 is 2.16 bits per heavy atom. The third kappa shape index (κ3) is 4.30. The Morgan fingerprint density at radius 3 is 2.79 bits per heavy atom. The van der Waals surface area contributed by atoms with E-state index >= 15 is 0 Å². The number of carboxylic acid groups (broad SMARTS) is 1. The molecule has 104 valence electrons. The number of halogens is 1. The zero-order valence-corrected chi connectivity index (χ0v) is 12.1. The summed E-state index contributed by atoms with van der Waals surface area (Å²) >= 11 is 7.92. The maximum absolute atomic E-state index is 10.8. The highest BCUT2D eigenvalue weighted by atomic mass is 35.5. The first-order valence-electron chi connectivity index (χ1n) is 6.23. The average molecular weight is 301 g/mol. The van der Waals surface area contributed by atoms with E-state index in [1.807, 2.05) is 11.8 Å². The summed E-state index contributed by atoms with van der Waals surface area (Å²) in [7, 11) is 0. The number of aromatic carboxylic acids is 1. The number of carbonyl (C=O) groups is 1. The van der Waals surface area contributed by atoms with Gasteiger partial charge in [-0.1, -0.05) is 11.6 Å². The largest absolute Gasteiger partial charge is 0.478 e. The second-order valence-electron chi connectivity index (χ2n) is 4.38. The molecule has 0 spiro atoms. The number of anilines is 1. The standard InChI is InChI=1S/C13H17ClN2O2S/c14-12-9-10(1-2-11(12)13(17)18)15-3-4-16-5-7-19-8-6-16/h1-2,9,15H,3-8H2,(H,17,18). The predicted molar refractivity (Wildman–Crippen MR) is 80.7 cm³/mol. The zero-order chi connectivity index (χ0) is 13.7. The minimum atomic E-state index is -0.998. The van der Waals surface area contributed by atoms with Crippen LogP contribution in [0.25, 0.3) is 0 Å². The lowest BCUT2D eigenvalue weighted by atomic mass is 10.2. The Kier molecular flexibility index (Phi) is 5.36. The van der Waals surface area contributed by atoms with E-state index in [4.69, 9.17) is 16.7 Å². The molecule has 6 heteroatoms. The van der Waals surface area contributed by atoms with Gasteiger partial charge in [-0.2, -0.15) is 11.8 Å². The third-order valence-electron chi connectivity index (χ3n) is 3.06. The number of carboxylic acids is 1. The summed E-state index contributed by atoms with van der Waals surface area (Å²) in [5, 5.41) is 12.4. The van der Waals surface area contributed by atoms with E-state index in [1.54, 1.807) is 12.1 Å². The molecular weight excluding hydrogens is 284 g/mol. The Balaban J connectivity index is 1.82. The molecule has 1 aliphatic rings. The molecule has 1 saturated heterocycles. The number of thioether (sulfide) groups is 1. The fourth-order valence-corrected chi connectivity index (χ4v) is 3.22. The molecule has 0 atom stereocenters. The highest BCUT2D eigenvalue weighted by Crippen LogP contribution is 2.20. The predicted octanol–water partition coefficient (Wildman–Crippen LogP) is 2.50. The monoisotopic (exact) mass is 300 g/mol. The molecule has 4 nitrogen and oxygen atoms in total. The zero-order valence-electron chi connectivity index (χ0n) is 10.6. The Morgan fingerprint density at radius 1 is 1.42 bits per heavy atom. The lowest BCUT2D eigenvalue weighted by molar-refractivity contribution is 0.0697. The molecule has 0 amide bonds. The van der Waals surface area contributed by atoms with Gasteiger partial charge in [-0.15, -0.1) is 0 Å². The average Bonchev–Trinajstić information content (AvgIpc) is 2.39. The van der Waals surface area contributed by atoms with Crippen LogP contribution in [0.5, 0.6) is 0 Å². The summed E-state index contributed by atoms with van der Waals surface area (Å²) < 4.78 is 0. The van der Waals surface area contributed by atoms with Crippen LogP contribution in [0, 0.1) is 0 Å². The van der Waals surface area contributed by atoms with E-state index in [2.05, 4.69) is 10.2 Å². The van der Waals surface area contributed by atoms with Gasteiger partial charge in [0.15, 0.2) is 0 Å². The third-order valence-corrected chi connectivity index (χ3v) is 4.32. The van der Waals surface area contributed by atoms with Crippen molar-refractivity contribution in [3.05, 3.63) is 28.8 Å². The van der Waals surface area contributed by atoms with Gasteiger partial charge in [0.1, 0.15) is 0 Å². The molecule has 0 aromatic heterocycles. The highest BCUT2D eigenvalue weighted by molar-refractivity contribution is 7.99. The lowest BCUT2D eigenvalue weighted by Crippen LogP contribution is -2.36. The van der Waals surface area contributed by atoms with Crippen LogP contribution in [0.2, 0.25) is 5.02 Å². The van der Waals surface area contributed by atoms with Gasteiger partial charge in [0.25, 0.3) is 0 Å². The maximum atomic E-state index is 10.8. The second-order valence-corrected chi connectivity index (χ2v) is 6.01. The van der Waals surface area contributed by atoms with Crippen molar-refractivity contribution in [2.75, 3.05) is 43.0 Å². The molecule has 1 heterocycles. The van der Waals surface area contributed by atoms with E-state index in [1.165, 1.54) is 17.6 Å². The van der Waals surface area contributed by atoms with E-state index < -0.39 is 5.97 Å². The molecule has 0 unspecified atom stereocenters. The Bertz CT molecular complexity index is 450. The van der Waals surface area contributed by atoms with Gasteiger partial charge < -0.3 is 10.4 Å². The topological polar surface area (TPSA) is 52.6 Å². The van der Waals surface area contributed by atoms with Crippen molar-refractivity contribution in [1.29, 1.82) is 0 Å². The van der Waals surface area contributed by atoms with E-state index in [9.17, 15) is 4.79 Å². The molecule has 0 saturated carbocycles. The SMILES string of the molecule is O=C(O)c1ccc(NCCN2CCSCC2)cc1Cl. The van der Waals surface area contributed by atoms with Crippen LogP contribution in [0.4, 0.5) is 5.69 Å². The van der Waals surface area contributed by atoms with Crippen molar-refractivity contribution in [2.24, 2.45) is 0 Å². The van der Waals surface area contributed by atoms with Crippen molar-refractivity contribution in [3.63, 3.8) is 0 Å². The first kappa shape index (κ1) is 14.5. The molecule has 1 aliphatic heterocycles. The molecular formula is C13H17ClN2O2S. The summed E-state index contributed by atoms with van der Waals surface area (Å²) in [5.41, 5.74) is 1.00. The molecule has 0 aliphatic carbocycles. The van der Waals surface area contributed by atoms with Gasteiger partial charge >= 0.3 is 5.97 Å². The summed E-state index contributed by atoms with van der Waals surface area (Å²) in [5.74, 6) is 1.42. The fraction of sp³-hybridized carbons (Fsp3) is 0.462. The number of benzene rings is 1. The summed E-state index contributed by atoms with van der Waals surface area (Å²) in [6.07, 6.45) is 0. The minimum absolute atomic E-state index is 0.139. The summed E-state index contributed by atoms with van der Waals surface area (Å²) in [4.78, 5) is 13.3. The number of hydrogen-bond acceptors (Lipinski definition) is 4. The molecule has 0 radical (unpaired) electrons. The molecule has 2 rings (SSSR count). The van der Waals surface area contributed by atoms with E-state index in [-0.39, 0.29) is 10.6 Å². The molecule has 1 aromatic rings. The Hall–Kier alpha value is -0.910. The van der Waals surface area contributed by atoms with Crippen LogP contribution >= 0.6 is 23.4 Å². The second kappa shape index (κ2) is 7.03. The van der Waals surface area contributed by atoms with Crippen molar-refractivity contribution in [1.82, 2.24) is 4.90 Å². The van der Waals surface area contributed by atoms with E-state index in [0.717, 1.165) is 31.9 Å². The quantitative estimate of drug-likeness (QED) is 0.875. The van der Waals surface area contributed by atoms with Crippen LogP contribution in [-0.4, -0.2) is 53.7 Å². The van der Waals surface area contributed by atoms with Crippen molar-refractivity contribution >= 4 is 35.0 Å². The molecule has 19 heavy (non-hydrogen) atoms. The number of nitrogens with zero attached hydrogens (tertiary/aromatic N) is 1. The van der Waals surface area contributed by atoms with Crippen molar-refractivity contribution < 1.29 is 9.90 Å².